The highest BCUT2D eigenvalue weighted by Crippen LogP contribution is 2.31. The molecular weight excluding hydrogens is 440 g/mol. The number of aromatic nitrogens is 2. The molecule has 31 heavy (non-hydrogen) atoms. The van der Waals surface area contributed by atoms with E-state index in [0.717, 1.165) is 0 Å². The Labute approximate surface area is 186 Å². The summed E-state index contributed by atoms with van der Waals surface area (Å²) >= 11 is 6.27. The van der Waals surface area contributed by atoms with Crippen LogP contribution in [0.2, 0.25) is 5.02 Å². The van der Waals surface area contributed by atoms with Crippen LogP contribution in [0.3, 0.4) is 0 Å². The lowest BCUT2D eigenvalue weighted by Crippen LogP contribution is -2.15. The van der Waals surface area contributed by atoms with Crippen LogP contribution in [-0.4, -0.2) is 37.9 Å². The topological polar surface area (TPSA) is 102 Å². The second-order valence-corrected chi connectivity index (χ2v) is 9.71. The number of ether oxygens (including phenoxy) is 2. The van der Waals surface area contributed by atoms with Crippen LogP contribution in [0.5, 0.6) is 11.5 Å². The summed E-state index contributed by atoms with van der Waals surface area (Å²) in [6.45, 7) is 3.27. The Hall–Kier alpha value is -3.04. The minimum atomic E-state index is -3.51. The molecule has 0 saturated heterocycles. The summed E-state index contributed by atoms with van der Waals surface area (Å²) in [4.78, 5) is 8.77. The minimum absolute atomic E-state index is 0.173. The Balaban J connectivity index is 1.94. The van der Waals surface area contributed by atoms with Gasteiger partial charge in [-0.1, -0.05) is 23.7 Å². The van der Waals surface area contributed by atoms with Crippen molar-refractivity contribution in [3.8, 4) is 11.5 Å². The Bertz CT molecular complexity index is 1160. The number of nitrogens with one attached hydrogen (secondary N) is 2. The van der Waals surface area contributed by atoms with Crippen LogP contribution in [0.4, 0.5) is 23.1 Å². The molecule has 0 unspecified atom stereocenters. The molecule has 0 spiro atoms. The van der Waals surface area contributed by atoms with Gasteiger partial charge in [0, 0.05) is 23.9 Å². The molecule has 8 nitrogen and oxygen atoms in total. The molecular formula is C21H23ClN4O4S. The molecule has 164 valence electrons. The summed E-state index contributed by atoms with van der Waals surface area (Å²) in [5.41, 5.74) is 1.03. The van der Waals surface area contributed by atoms with Crippen molar-refractivity contribution in [2.45, 2.75) is 24.0 Å². The van der Waals surface area contributed by atoms with E-state index >= 15 is 0 Å². The number of anilines is 4. The van der Waals surface area contributed by atoms with Crippen molar-refractivity contribution in [3.05, 3.63) is 53.7 Å². The van der Waals surface area contributed by atoms with Gasteiger partial charge in [0.1, 0.15) is 16.5 Å². The van der Waals surface area contributed by atoms with Gasteiger partial charge in [-0.3, -0.25) is 0 Å². The molecule has 2 aromatic carbocycles. The monoisotopic (exact) mass is 462 g/mol. The fourth-order valence-corrected chi connectivity index (χ4v) is 4.06. The third-order valence-electron chi connectivity index (χ3n) is 4.42. The SMILES string of the molecule is COc1cc(Nc2ncc(Cl)c(Nc3ccccc3S(=O)(=O)C(C)C)n2)cc(OC)c1. The maximum absolute atomic E-state index is 12.7. The standard InChI is InChI=1S/C21H23ClN4O4S/c1-13(2)31(27,28)19-8-6-5-7-18(19)25-20-17(22)12-23-21(26-20)24-14-9-15(29-3)11-16(10-14)30-4/h5-13H,1-4H3,(H2,23,24,25,26). The molecule has 0 aliphatic heterocycles. The molecule has 0 aliphatic carbocycles. The average Bonchev–Trinajstić information content (AvgIpc) is 2.76. The van der Waals surface area contributed by atoms with Crippen molar-refractivity contribution in [2.24, 2.45) is 0 Å². The Morgan fingerprint density at radius 1 is 1.00 bits per heavy atom. The second-order valence-electron chi connectivity index (χ2n) is 6.83. The largest absolute Gasteiger partial charge is 0.497 e. The predicted molar refractivity (Wildman–Crippen MR) is 122 cm³/mol. The van der Waals surface area contributed by atoms with Crippen LogP contribution in [0.25, 0.3) is 0 Å². The van der Waals surface area contributed by atoms with Gasteiger partial charge in [0.2, 0.25) is 5.95 Å². The summed E-state index contributed by atoms with van der Waals surface area (Å²) in [7, 11) is -0.392. The third kappa shape index (κ3) is 5.18. The lowest BCUT2D eigenvalue weighted by molar-refractivity contribution is 0.395. The highest BCUT2D eigenvalue weighted by atomic mass is 35.5. The number of halogens is 1. The summed E-state index contributed by atoms with van der Waals surface area (Å²) in [5, 5.41) is 5.76. The Morgan fingerprint density at radius 3 is 2.26 bits per heavy atom. The molecule has 3 rings (SSSR count). The highest BCUT2D eigenvalue weighted by molar-refractivity contribution is 7.92. The summed E-state index contributed by atoms with van der Waals surface area (Å²) < 4.78 is 36.0. The summed E-state index contributed by atoms with van der Waals surface area (Å²) in [6, 6.07) is 11.9. The van der Waals surface area contributed by atoms with E-state index in [2.05, 4.69) is 20.6 Å². The van der Waals surface area contributed by atoms with E-state index in [4.69, 9.17) is 21.1 Å². The van der Waals surface area contributed by atoms with Crippen molar-refractivity contribution in [3.63, 3.8) is 0 Å². The van der Waals surface area contributed by atoms with Gasteiger partial charge in [-0.15, -0.1) is 0 Å². The maximum Gasteiger partial charge on any atom is 0.229 e. The summed E-state index contributed by atoms with van der Waals surface area (Å²) in [5.74, 6) is 1.72. The van der Waals surface area contributed by atoms with Crippen LogP contribution in [0.1, 0.15) is 13.8 Å². The average molecular weight is 463 g/mol. The van der Waals surface area contributed by atoms with Gasteiger partial charge < -0.3 is 20.1 Å². The first kappa shape index (κ1) is 22.6. The van der Waals surface area contributed by atoms with Crippen molar-refractivity contribution >= 4 is 44.6 Å². The lowest BCUT2D eigenvalue weighted by Gasteiger charge is -2.15. The summed E-state index contributed by atoms with van der Waals surface area (Å²) in [6.07, 6.45) is 1.43. The molecule has 0 fully saturated rings. The highest BCUT2D eigenvalue weighted by Gasteiger charge is 2.23. The van der Waals surface area contributed by atoms with Gasteiger partial charge in [-0.2, -0.15) is 4.98 Å². The van der Waals surface area contributed by atoms with Gasteiger partial charge in [0.05, 0.1) is 36.2 Å². The number of hydrogen-bond acceptors (Lipinski definition) is 8. The van der Waals surface area contributed by atoms with E-state index in [1.54, 1.807) is 70.5 Å². The zero-order chi connectivity index (χ0) is 22.6. The van der Waals surface area contributed by atoms with Crippen LogP contribution >= 0.6 is 11.6 Å². The van der Waals surface area contributed by atoms with Crippen molar-refractivity contribution < 1.29 is 17.9 Å². The van der Waals surface area contributed by atoms with E-state index in [9.17, 15) is 8.42 Å². The molecule has 0 amide bonds. The number of rotatable bonds is 8. The molecule has 0 bridgehead atoms. The van der Waals surface area contributed by atoms with Crippen molar-refractivity contribution in [2.75, 3.05) is 24.9 Å². The molecule has 10 heteroatoms. The fourth-order valence-electron chi connectivity index (χ4n) is 2.72. The molecule has 0 saturated carbocycles. The van der Waals surface area contributed by atoms with Crippen LogP contribution < -0.4 is 20.1 Å². The third-order valence-corrected chi connectivity index (χ3v) is 6.91. The molecule has 0 radical (unpaired) electrons. The minimum Gasteiger partial charge on any atom is -0.497 e. The van der Waals surface area contributed by atoms with Gasteiger partial charge in [-0.25, -0.2) is 13.4 Å². The molecule has 1 heterocycles. The van der Waals surface area contributed by atoms with E-state index in [0.29, 0.717) is 22.9 Å². The normalized spacial score (nSPS) is 11.3. The maximum atomic E-state index is 12.7. The zero-order valence-corrected chi connectivity index (χ0v) is 19.1. The Morgan fingerprint density at radius 2 is 1.65 bits per heavy atom. The molecule has 0 atom stereocenters. The molecule has 1 aromatic heterocycles. The number of para-hydroxylation sites is 1. The van der Waals surface area contributed by atoms with Crippen molar-refractivity contribution in [1.82, 2.24) is 9.97 Å². The van der Waals surface area contributed by atoms with E-state index < -0.39 is 15.1 Å². The van der Waals surface area contributed by atoms with Gasteiger partial charge >= 0.3 is 0 Å². The zero-order valence-electron chi connectivity index (χ0n) is 17.5. The van der Waals surface area contributed by atoms with E-state index in [1.807, 2.05) is 0 Å². The number of sulfone groups is 1. The number of nitrogens with zero attached hydrogens (tertiary/aromatic N) is 2. The smallest absolute Gasteiger partial charge is 0.229 e. The molecule has 3 aromatic rings. The van der Waals surface area contributed by atoms with Crippen LogP contribution in [-0.2, 0) is 9.84 Å². The predicted octanol–water partition coefficient (Wildman–Crippen LogP) is 4.82. The van der Waals surface area contributed by atoms with Gasteiger partial charge in [-0.05, 0) is 26.0 Å². The number of hydrogen-bond donors (Lipinski definition) is 2. The van der Waals surface area contributed by atoms with E-state index in [1.165, 1.54) is 6.20 Å². The fraction of sp³-hybridized carbons (Fsp3) is 0.238. The first-order valence-electron chi connectivity index (χ1n) is 9.37. The first-order chi connectivity index (χ1) is 14.7. The molecule has 2 N–H and O–H groups in total. The Kier molecular flexibility index (Phi) is 6.87. The van der Waals surface area contributed by atoms with Gasteiger partial charge in [0.25, 0.3) is 0 Å². The number of benzene rings is 2. The van der Waals surface area contributed by atoms with Crippen LogP contribution in [0.15, 0.2) is 53.6 Å². The lowest BCUT2D eigenvalue weighted by atomic mass is 10.3. The second kappa shape index (κ2) is 9.40. The van der Waals surface area contributed by atoms with Crippen LogP contribution in [0, 0.1) is 0 Å². The van der Waals surface area contributed by atoms with Crippen molar-refractivity contribution in [1.29, 1.82) is 0 Å². The van der Waals surface area contributed by atoms with Gasteiger partial charge in [0.15, 0.2) is 15.7 Å². The van der Waals surface area contributed by atoms with E-state index in [-0.39, 0.29) is 21.7 Å². The number of methoxy groups -OCH3 is 2. The molecule has 0 aliphatic rings. The quantitative estimate of drug-likeness (QED) is 0.491. The first-order valence-corrected chi connectivity index (χ1v) is 11.3.